The molecular formula is C14H18Cl2O2. The number of aliphatic hydroxyl groups is 1. The molecule has 1 saturated carbocycles. The Morgan fingerprint density at radius 2 is 2.00 bits per heavy atom. The van der Waals surface area contributed by atoms with E-state index in [0.717, 1.165) is 12.8 Å². The van der Waals surface area contributed by atoms with Crippen LogP contribution >= 0.6 is 23.2 Å². The van der Waals surface area contributed by atoms with Crippen molar-refractivity contribution in [3.63, 3.8) is 0 Å². The molecule has 1 aromatic rings. The van der Waals surface area contributed by atoms with E-state index in [0.29, 0.717) is 22.2 Å². The second kappa shape index (κ2) is 5.28. The van der Waals surface area contributed by atoms with E-state index in [4.69, 9.17) is 27.9 Å². The molecule has 1 fully saturated rings. The summed E-state index contributed by atoms with van der Waals surface area (Å²) in [6, 6.07) is 5.22. The van der Waals surface area contributed by atoms with Crippen molar-refractivity contribution in [2.45, 2.75) is 45.3 Å². The fourth-order valence-corrected chi connectivity index (χ4v) is 3.25. The van der Waals surface area contributed by atoms with E-state index in [1.165, 1.54) is 0 Å². The lowest BCUT2D eigenvalue weighted by Gasteiger charge is -2.52. The first-order valence-electron chi connectivity index (χ1n) is 6.33. The van der Waals surface area contributed by atoms with Gasteiger partial charge in [0, 0.05) is 16.9 Å². The first kappa shape index (κ1) is 14.0. The van der Waals surface area contributed by atoms with E-state index in [1.54, 1.807) is 18.2 Å². The number of ether oxygens (including phenoxy) is 1. The van der Waals surface area contributed by atoms with Gasteiger partial charge >= 0.3 is 0 Å². The molecule has 2 atom stereocenters. The van der Waals surface area contributed by atoms with Gasteiger partial charge in [-0.05, 0) is 31.0 Å². The number of halogens is 2. The van der Waals surface area contributed by atoms with Gasteiger partial charge in [-0.1, -0.05) is 37.0 Å². The Kier molecular flexibility index (Phi) is 4.10. The van der Waals surface area contributed by atoms with E-state index < -0.39 is 0 Å². The summed E-state index contributed by atoms with van der Waals surface area (Å²) in [4.78, 5) is 0. The highest BCUT2D eigenvalue weighted by Gasteiger charge is 2.53. The Hall–Kier alpha value is -0.440. The molecule has 2 unspecified atom stereocenters. The Labute approximate surface area is 118 Å². The van der Waals surface area contributed by atoms with E-state index in [2.05, 4.69) is 13.8 Å². The second-order valence-electron chi connectivity index (χ2n) is 4.87. The van der Waals surface area contributed by atoms with Gasteiger partial charge in [0.25, 0.3) is 0 Å². The number of benzene rings is 1. The molecule has 0 heterocycles. The largest absolute Gasteiger partial charge is 0.488 e. The summed E-state index contributed by atoms with van der Waals surface area (Å²) in [7, 11) is 0. The first-order valence-corrected chi connectivity index (χ1v) is 7.09. The molecule has 2 nitrogen and oxygen atoms in total. The van der Waals surface area contributed by atoms with Gasteiger partial charge in [-0.3, -0.25) is 0 Å². The number of hydrogen-bond donors (Lipinski definition) is 1. The second-order valence-corrected chi connectivity index (χ2v) is 5.72. The van der Waals surface area contributed by atoms with E-state index in [9.17, 15) is 5.11 Å². The average molecular weight is 289 g/mol. The number of aliphatic hydroxyl groups excluding tert-OH is 1. The van der Waals surface area contributed by atoms with Crippen molar-refractivity contribution in [3.05, 3.63) is 28.2 Å². The topological polar surface area (TPSA) is 29.5 Å². The lowest BCUT2D eigenvalue weighted by molar-refractivity contribution is -0.159. The Balaban J connectivity index is 2.15. The van der Waals surface area contributed by atoms with E-state index in [1.807, 2.05) is 0 Å². The minimum absolute atomic E-state index is 0.0289. The van der Waals surface area contributed by atoms with Crippen LogP contribution in [0.5, 0.6) is 5.75 Å². The van der Waals surface area contributed by atoms with Crippen LogP contribution < -0.4 is 4.74 Å². The Morgan fingerprint density at radius 1 is 1.33 bits per heavy atom. The summed E-state index contributed by atoms with van der Waals surface area (Å²) >= 11 is 12.0. The molecule has 0 spiro atoms. The molecule has 1 aliphatic carbocycles. The third kappa shape index (κ3) is 2.22. The van der Waals surface area contributed by atoms with Crippen molar-refractivity contribution in [1.82, 2.24) is 0 Å². The summed E-state index contributed by atoms with van der Waals surface area (Å²) < 4.78 is 5.95. The van der Waals surface area contributed by atoms with Crippen LogP contribution in [0.3, 0.4) is 0 Å². The first-order chi connectivity index (χ1) is 8.53. The van der Waals surface area contributed by atoms with Gasteiger partial charge in [-0.2, -0.15) is 0 Å². The molecule has 18 heavy (non-hydrogen) atoms. The third-order valence-corrected chi connectivity index (χ3v) is 4.75. The zero-order valence-corrected chi connectivity index (χ0v) is 12.1. The van der Waals surface area contributed by atoms with Gasteiger partial charge in [-0.25, -0.2) is 0 Å². The molecule has 0 saturated heterocycles. The molecule has 0 aliphatic heterocycles. The fraction of sp³-hybridized carbons (Fsp3) is 0.571. The van der Waals surface area contributed by atoms with Crippen molar-refractivity contribution < 1.29 is 9.84 Å². The van der Waals surface area contributed by atoms with Gasteiger partial charge in [0.2, 0.25) is 0 Å². The zero-order chi connectivity index (χ0) is 13.3. The Morgan fingerprint density at radius 3 is 2.50 bits per heavy atom. The maximum absolute atomic E-state index is 9.99. The number of rotatable bonds is 4. The molecule has 2 rings (SSSR count). The average Bonchev–Trinajstić information content (AvgIpc) is 2.33. The smallest absolute Gasteiger partial charge is 0.138 e. The summed E-state index contributed by atoms with van der Waals surface area (Å²) in [5.41, 5.74) is -0.136. The lowest BCUT2D eigenvalue weighted by Crippen LogP contribution is -2.59. The monoisotopic (exact) mass is 288 g/mol. The van der Waals surface area contributed by atoms with Crippen LogP contribution in [0.2, 0.25) is 10.0 Å². The van der Waals surface area contributed by atoms with Crippen molar-refractivity contribution in [1.29, 1.82) is 0 Å². The molecule has 1 aliphatic rings. The summed E-state index contributed by atoms with van der Waals surface area (Å²) in [5, 5.41) is 11.1. The molecule has 1 aromatic carbocycles. The van der Waals surface area contributed by atoms with Gasteiger partial charge < -0.3 is 9.84 Å². The molecule has 0 aromatic heterocycles. The molecule has 0 amide bonds. The van der Waals surface area contributed by atoms with Crippen LogP contribution in [0.4, 0.5) is 0 Å². The van der Waals surface area contributed by atoms with Crippen molar-refractivity contribution >= 4 is 23.2 Å². The molecule has 0 bridgehead atoms. The van der Waals surface area contributed by atoms with Crippen LogP contribution in [0, 0.1) is 5.41 Å². The quantitative estimate of drug-likeness (QED) is 0.894. The third-order valence-electron chi connectivity index (χ3n) is 4.22. The molecule has 4 heteroatoms. The highest BCUT2D eigenvalue weighted by atomic mass is 35.5. The van der Waals surface area contributed by atoms with Crippen LogP contribution in [-0.2, 0) is 0 Å². The molecular weight excluding hydrogens is 271 g/mol. The van der Waals surface area contributed by atoms with Crippen molar-refractivity contribution in [2.24, 2.45) is 5.41 Å². The Bertz CT molecular complexity index is 430. The molecule has 100 valence electrons. The predicted octanol–water partition coefficient (Wildman–Crippen LogP) is 4.31. The van der Waals surface area contributed by atoms with Crippen LogP contribution in [0.15, 0.2) is 18.2 Å². The van der Waals surface area contributed by atoms with Gasteiger partial charge in [0.05, 0.1) is 11.1 Å². The minimum atomic E-state index is -0.274. The van der Waals surface area contributed by atoms with E-state index >= 15 is 0 Å². The zero-order valence-electron chi connectivity index (χ0n) is 10.6. The molecule has 1 N–H and O–H groups in total. The van der Waals surface area contributed by atoms with Crippen LogP contribution in [-0.4, -0.2) is 17.3 Å². The summed E-state index contributed by atoms with van der Waals surface area (Å²) in [6.45, 7) is 4.18. The van der Waals surface area contributed by atoms with Gasteiger partial charge in [0.1, 0.15) is 11.9 Å². The van der Waals surface area contributed by atoms with Gasteiger partial charge in [0.15, 0.2) is 0 Å². The maximum Gasteiger partial charge on any atom is 0.138 e. The summed E-state index contributed by atoms with van der Waals surface area (Å²) in [6.07, 6.45) is 2.23. The van der Waals surface area contributed by atoms with Crippen LogP contribution in [0.25, 0.3) is 0 Å². The van der Waals surface area contributed by atoms with Gasteiger partial charge in [-0.15, -0.1) is 0 Å². The van der Waals surface area contributed by atoms with Crippen molar-refractivity contribution in [3.8, 4) is 5.75 Å². The fourth-order valence-electron chi connectivity index (χ4n) is 2.79. The highest BCUT2D eigenvalue weighted by molar-refractivity contribution is 6.35. The lowest BCUT2D eigenvalue weighted by atomic mass is 9.60. The number of hydrogen-bond acceptors (Lipinski definition) is 2. The SMILES string of the molecule is CCC1(CC)C(O)CC1Oc1ccc(Cl)cc1Cl. The standard InChI is InChI=1S/C14H18Cl2O2/c1-3-14(4-2)12(17)8-13(14)18-11-6-5-9(15)7-10(11)16/h5-7,12-13,17H,3-4,8H2,1-2H3. The predicted molar refractivity (Wildman–Crippen MR) is 74.5 cm³/mol. The van der Waals surface area contributed by atoms with Crippen molar-refractivity contribution in [2.75, 3.05) is 0 Å². The summed E-state index contributed by atoms with van der Waals surface area (Å²) in [5.74, 6) is 0.643. The van der Waals surface area contributed by atoms with Crippen LogP contribution in [0.1, 0.15) is 33.1 Å². The highest BCUT2D eigenvalue weighted by Crippen LogP contribution is 2.49. The normalized spacial score (nSPS) is 25.6. The van der Waals surface area contributed by atoms with E-state index in [-0.39, 0.29) is 17.6 Å². The maximum atomic E-state index is 9.99. The minimum Gasteiger partial charge on any atom is -0.488 e. The molecule has 0 radical (unpaired) electrons.